The molecule has 0 bridgehead atoms. The molecule has 1 aromatic rings. The minimum absolute atomic E-state index is 0.0406. The Morgan fingerprint density at radius 1 is 1.48 bits per heavy atom. The third-order valence-corrected chi connectivity index (χ3v) is 4.77. The van der Waals surface area contributed by atoms with Gasteiger partial charge in [0.05, 0.1) is 6.54 Å². The van der Waals surface area contributed by atoms with Crippen molar-refractivity contribution < 1.29 is 12.8 Å². The second-order valence-corrected chi connectivity index (χ2v) is 6.72. The van der Waals surface area contributed by atoms with Crippen molar-refractivity contribution in [1.82, 2.24) is 9.62 Å². The van der Waals surface area contributed by atoms with Crippen LogP contribution >= 0.6 is 11.6 Å². The number of sulfonamides is 1. The molecule has 0 aliphatic carbocycles. The fraction of sp³-hybridized carbons (Fsp3) is 0.417. The highest BCUT2D eigenvalue weighted by Crippen LogP contribution is 2.18. The molecule has 1 heterocycles. The predicted molar refractivity (Wildman–Crippen MR) is 79.3 cm³/mol. The summed E-state index contributed by atoms with van der Waals surface area (Å²) < 4.78 is 39.7. The monoisotopic (exact) mass is 334 g/mol. The highest BCUT2D eigenvalue weighted by atomic mass is 35.5. The van der Waals surface area contributed by atoms with E-state index in [0.717, 1.165) is 31.6 Å². The molecule has 1 aliphatic heterocycles. The van der Waals surface area contributed by atoms with E-state index in [1.807, 2.05) is 4.90 Å². The lowest BCUT2D eigenvalue weighted by molar-refractivity contribution is 0.296. The van der Waals surface area contributed by atoms with Crippen LogP contribution in [0.5, 0.6) is 0 Å². The van der Waals surface area contributed by atoms with Gasteiger partial charge in [-0.15, -0.1) is 0 Å². The van der Waals surface area contributed by atoms with Gasteiger partial charge < -0.3 is 10.6 Å². The summed E-state index contributed by atoms with van der Waals surface area (Å²) in [5.74, 6) is -0.489. The van der Waals surface area contributed by atoms with Crippen LogP contribution in [-0.4, -0.2) is 45.5 Å². The second-order valence-electron chi connectivity index (χ2n) is 4.55. The molecule has 1 aromatic carbocycles. The normalized spacial score (nSPS) is 15.9. The number of nitrogens with zero attached hydrogens (tertiary/aromatic N) is 2. The number of hydrogen-bond donors (Lipinski definition) is 2. The molecule has 9 heteroatoms. The first-order chi connectivity index (χ1) is 9.90. The lowest BCUT2D eigenvalue weighted by Crippen LogP contribution is -2.46. The van der Waals surface area contributed by atoms with E-state index in [9.17, 15) is 12.8 Å². The standard InChI is InChI=1S/C12H16ClFN4O2S/c13-9-2-3-11(10(14)8-9)21(19,20)17-5-4-16-12(15)18-6-1-7-18/h2-3,8,17H,1,4-7H2,(H2,15,16). The summed E-state index contributed by atoms with van der Waals surface area (Å²) >= 11 is 5.59. The number of benzene rings is 1. The Morgan fingerprint density at radius 3 is 2.76 bits per heavy atom. The highest BCUT2D eigenvalue weighted by Gasteiger charge is 2.19. The molecule has 0 spiro atoms. The van der Waals surface area contributed by atoms with E-state index in [4.69, 9.17) is 17.3 Å². The third kappa shape index (κ3) is 4.05. The average molecular weight is 335 g/mol. The van der Waals surface area contributed by atoms with Crippen molar-refractivity contribution in [2.45, 2.75) is 11.3 Å². The van der Waals surface area contributed by atoms with Crippen LogP contribution in [0.15, 0.2) is 28.1 Å². The summed E-state index contributed by atoms with van der Waals surface area (Å²) in [4.78, 5) is 5.52. The largest absolute Gasteiger partial charge is 0.370 e. The molecule has 1 saturated heterocycles. The summed E-state index contributed by atoms with van der Waals surface area (Å²) in [5.41, 5.74) is 5.70. The Hall–Kier alpha value is -1.38. The van der Waals surface area contributed by atoms with Crippen LogP contribution in [0.3, 0.4) is 0 Å². The first kappa shape index (κ1) is 16.0. The molecule has 6 nitrogen and oxygen atoms in total. The zero-order chi connectivity index (χ0) is 15.5. The SMILES string of the molecule is NC(=NCCNS(=O)(=O)c1ccc(Cl)cc1F)N1CCC1. The number of nitrogens with one attached hydrogen (secondary N) is 1. The molecule has 0 saturated carbocycles. The number of aliphatic imine (C=N–C) groups is 1. The van der Waals surface area contributed by atoms with E-state index in [1.54, 1.807) is 0 Å². The molecular weight excluding hydrogens is 319 g/mol. The van der Waals surface area contributed by atoms with E-state index >= 15 is 0 Å². The molecule has 0 atom stereocenters. The van der Waals surface area contributed by atoms with Gasteiger partial charge in [0.15, 0.2) is 5.96 Å². The minimum Gasteiger partial charge on any atom is -0.370 e. The minimum atomic E-state index is -3.92. The van der Waals surface area contributed by atoms with Crippen LogP contribution in [0.4, 0.5) is 4.39 Å². The zero-order valence-corrected chi connectivity index (χ0v) is 12.8. The van der Waals surface area contributed by atoms with E-state index in [2.05, 4.69) is 9.71 Å². The van der Waals surface area contributed by atoms with Crippen molar-refractivity contribution in [3.05, 3.63) is 29.0 Å². The van der Waals surface area contributed by atoms with Crippen molar-refractivity contribution in [1.29, 1.82) is 0 Å². The Bertz CT molecular complexity index is 647. The van der Waals surface area contributed by atoms with Gasteiger partial charge in [-0.3, -0.25) is 4.99 Å². The van der Waals surface area contributed by atoms with Crippen molar-refractivity contribution >= 4 is 27.6 Å². The van der Waals surface area contributed by atoms with E-state index in [-0.39, 0.29) is 18.1 Å². The van der Waals surface area contributed by atoms with Crippen LogP contribution < -0.4 is 10.5 Å². The molecule has 2 rings (SSSR count). The molecule has 0 unspecified atom stereocenters. The number of guanidine groups is 1. The fourth-order valence-electron chi connectivity index (χ4n) is 1.77. The summed E-state index contributed by atoms with van der Waals surface area (Å²) in [7, 11) is -3.92. The maximum atomic E-state index is 13.6. The number of hydrogen-bond acceptors (Lipinski definition) is 3. The number of halogens is 2. The maximum Gasteiger partial charge on any atom is 0.243 e. The van der Waals surface area contributed by atoms with Gasteiger partial charge in [-0.05, 0) is 24.6 Å². The second kappa shape index (κ2) is 6.59. The van der Waals surface area contributed by atoms with Crippen molar-refractivity contribution in [3.8, 4) is 0 Å². The molecule has 0 amide bonds. The summed E-state index contributed by atoms with van der Waals surface area (Å²) in [6, 6.07) is 3.40. The van der Waals surface area contributed by atoms with Crippen LogP contribution in [0, 0.1) is 5.82 Å². The Balaban J connectivity index is 1.92. The maximum absolute atomic E-state index is 13.6. The molecule has 21 heavy (non-hydrogen) atoms. The summed E-state index contributed by atoms with van der Waals surface area (Å²) in [5, 5.41) is 0.137. The summed E-state index contributed by atoms with van der Waals surface area (Å²) in [6.07, 6.45) is 1.08. The van der Waals surface area contributed by atoms with Gasteiger partial charge in [0, 0.05) is 24.7 Å². The summed E-state index contributed by atoms with van der Waals surface area (Å²) in [6.45, 7) is 1.98. The van der Waals surface area contributed by atoms with Crippen molar-refractivity contribution in [2.75, 3.05) is 26.2 Å². The number of rotatable bonds is 5. The van der Waals surface area contributed by atoms with Gasteiger partial charge in [-0.2, -0.15) is 0 Å². The van der Waals surface area contributed by atoms with Gasteiger partial charge in [0.2, 0.25) is 10.0 Å². The first-order valence-corrected chi connectivity index (χ1v) is 8.26. The quantitative estimate of drug-likeness (QED) is 0.473. The molecule has 116 valence electrons. The lowest BCUT2D eigenvalue weighted by Gasteiger charge is -2.31. The van der Waals surface area contributed by atoms with Crippen LogP contribution in [0.2, 0.25) is 5.02 Å². The van der Waals surface area contributed by atoms with Crippen LogP contribution in [0.25, 0.3) is 0 Å². The van der Waals surface area contributed by atoms with Gasteiger partial charge >= 0.3 is 0 Å². The molecule has 1 aliphatic rings. The third-order valence-electron chi connectivity index (χ3n) is 3.04. The van der Waals surface area contributed by atoms with Crippen LogP contribution in [-0.2, 0) is 10.0 Å². The molecule has 0 radical (unpaired) electrons. The molecule has 0 aromatic heterocycles. The Kier molecular flexibility index (Phi) is 5.02. The Labute approximate surface area is 127 Å². The van der Waals surface area contributed by atoms with E-state index in [1.165, 1.54) is 6.07 Å². The van der Waals surface area contributed by atoms with Crippen LogP contribution in [0.1, 0.15) is 6.42 Å². The zero-order valence-electron chi connectivity index (χ0n) is 11.2. The van der Waals surface area contributed by atoms with Crippen molar-refractivity contribution in [3.63, 3.8) is 0 Å². The predicted octanol–water partition coefficient (Wildman–Crippen LogP) is 0.778. The molecule has 3 N–H and O–H groups in total. The van der Waals surface area contributed by atoms with Crippen molar-refractivity contribution in [2.24, 2.45) is 10.7 Å². The lowest BCUT2D eigenvalue weighted by atomic mass is 10.2. The molecular formula is C12H16ClFN4O2S. The van der Waals surface area contributed by atoms with Gasteiger partial charge in [0.25, 0.3) is 0 Å². The average Bonchev–Trinajstić information content (AvgIpc) is 2.32. The molecule has 1 fully saturated rings. The fourth-order valence-corrected chi connectivity index (χ4v) is 3.00. The topological polar surface area (TPSA) is 87.8 Å². The number of nitrogens with two attached hydrogens (primary N) is 1. The van der Waals surface area contributed by atoms with E-state index in [0.29, 0.717) is 5.96 Å². The Morgan fingerprint density at radius 2 is 2.19 bits per heavy atom. The van der Waals surface area contributed by atoms with E-state index < -0.39 is 20.7 Å². The first-order valence-electron chi connectivity index (χ1n) is 6.40. The van der Waals surface area contributed by atoms with Gasteiger partial charge in [-0.25, -0.2) is 17.5 Å². The van der Waals surface area contributed by atoms with Gasteiger partial charge in [-0.1, -0.05) is 11.6 Å². The highest BCUT2D eigenvalue weighted by molar-refractivity contribution is 7.89. The number of likely N-dealkylation sites (tertiary alicyclic amines) is 1. The smallest absolute Gasteiger partial charge is 0.243 e. The van der Waals surface area contributed by atoms with Gasteiger partial charge in [0.1, 0.15) is 10.7 Å².